The van der Waals surface area contributed by atoms with Gasteiger partial charge in [0.25, 0.3) is 0 Å². The quantitative estimate of drug-likeness (QED) is 0.857. The molecule has 2 fully saturated rings. The third kappa shape index (κ3) is 3.72. The lowest BCUT2D eigenvalue weighted by atomic mass is 9.98. The average molecular weight is 263 g/mol. The summed E-state index contributed by atoms with van der Waals surface area (Å²) in [6, 6.07) is 0.653. The summed E-state index contributed by atoms with van der Waals surface area (Å²) in [5.74, 6) is 1.02. The molecule has 0 radical (unpaired) electrons. The van der Waals surface area contributed by atoms with Gasteiger partial charge in [0.2, 0.25) is 5.95 Å². The Bertz CT molecular complexity index is 406. The van der Waals surface area contributed by atoms with Gasteiger partial charge in [-0.1, -0.05) is 19.3 Å². The van der Waals surface area contributed by atoms with Crippen molar-refractivity contribution in [2.24, 2.45) is 0 Å². The van der Waals surface area contributed by atoms with Crippen molar-refractivity contribution in [1.29, 1.82) is 0 Å². The minimum atomic E-state index is 0.498. The largest absolute Gasteiger partial charge is 0.376 e. The summed E-state index contributed by atoms with van der Waals surface area (Å²) in [6.07, 6.45) is 11.7. The molecule has 1 N–H and O–H groups in total. The molecular formula is C15H25N3O. The number of aromatic nitrogens is 2. The molecule has 106 valence electrons. The summed E-state index contributed by atoms with van der Waals surface area (Å²) in [7, 11) is 0. The maximum absolute atomic E-state index is 6.00. The molecule has 3 rings (SSSR count). The Balaban J connectivity index is 1.48. The van der Waals surface area contributed by atoms with Crippen LogP contribution in [0.25, 0.3) is 0 Å². The summed E-state index contributed by atoms with van der Waals surface area (Å²) in [4.78, 5) is 4.55. The van der Waals surface area contributed by atoms with Gasteiger partial charge >= 0.3 is 0 Å². The van der Waals surface area contributed by atoms with E-state index in [0.717, 1.165) is 24.8 Å². The second kappa shape index (κ2) is 5.95. The molecule has 1 aromatic heterocycles. The molecule has 19 heavy (non-hydrogen) atoms. The SMILES string of the molecule is Cc1cn(CCOC2CCCCC2)c(NC2CC2)n1. The Labute approximate surface area is 115 Å². The van der Waals surface area contributed by atoms with Crippen molar-refractivity contribution in [2.75, 3.05) is 11.9 Å². The summed E-state index contributed by atoms with van der Waals surface area (Å²) in [6.45, 7) is 3.77. The van der Waals surface area contributed by atoms with E-state index in [4.69, 9.17) is 4.74 Å². The molecule has 0 atom stereocenters. The first-order chi connectivity index (χ1) is 9.31. The first-order valence-electron chi connectivity index (χ1n) is 7.73. The zero-order valence-electron chi connectivity index (χ0n) is 11.9. The van der Waals surface area contributed by atoms with E-state index >= 15 is 0 Å². The van der Waals surface area contributed by atoms with Crippen LogP contribution in [0.15, 0.2) is 6.20 Å². The third-order valence-electron chi connectivity index (χ3n) is 4.05. The minimum absolute atomic E-state index is 0.498. The van der Waals surface area contributed by atoms with Gasteiger partial charge in [0.1, 0.15) is 0 Å². The van der Waals surface area contributed by atoms with Gasteiger partial charge in [-0.15, -0.1) is 0 Å². The lowest BCUT2D eigenvalue weighted by Gasteiger charge is -2.22. The van der Waals surface area contributed by atoms with Crippen molar-refractivity contribution < 1.29 is 4.74 Å². The highest BCUT2D eigenvalue weighted by molar-refractivity contribution is 5.32. The van der Waals surface area contributed by atoms with Crippen molar-refractivity contribution in [1.82, 2.24) is 9.55 Å². The summed E-state index contributed by atoms with van der Waals surface area (Å²) < 4.78 is 8.20. The van der Waals surface area contributed by atoms with E-state index in [1.54, 1.807) is 0 Å². The minimum Gasteiger partial charge on any atom is -0.376 e. The highest BCUT2D eigenvalue weighted by Gasteiger charge is 2.23. The van der Waals surface area contributed by atoms with Gasteiger partial charge in [-0.25, -0.2) is 4.98 Å². The van der Waals surface area contributed by atoms with Crippen molar-refractivity contribution in [3.8, 4) is 0 Å². The van der Waals surface area contributed by atoms with Crippen LogP contribution in [0, 0.1) is 6.92 Å². The Morgan fingerprint density at radius 1 is 1.26 bits per heavy atom. The lowest BCUT2D eigenvalue weighted by molar-refractivity contribution is 0.0242. The molecule has 0 bridgehead atoms. The van der Waals surface area contributed by atoms with Crippen LogP contribution in [0.3, 0.4) is 0 Å². The molecular weight excluding hydrogens is 238 g/mol. The van der Waals surface area contributed by atoms with E-state index in [1.165, 1.54) is 44.9 Å². The molecule has 1 heterocycles. The Morgan fingerprint density at radius 2 is 2.05 bits per heavy atom. The summed E-state index contributed by atoms with van der Waals surface area (Å²) in [5, 5.41) is 3.49. The predicted octanol–water partition coefficient (Wildman–Crippen LogP) is 3.12. The molecule has 0 amide bonds. The second-order valence-corrected chi connectivity index (χ2v) is 5.95. The number of hydrogen-bond donors (Lipinski definition) is 1. The fraction of sp³-hybridized carbons (Fsp3) is 0.800. The number of imidazole rings is 1. The number of nitrogens with one attached hydrogen (secondary N) is 1. The van der Waals surface area contributed by atoms with Crippen LogP contribution >= 0.6 is 0 Å². The highest BCUT2D eigenvalue weighted by atomic mass is 16.5. The van der Waals surface area contributed by atoms with Crippen molar-refractivity contribution in [3.05, 3.63) is 11.9 Å². The van der Waals surface area contributed by atoms with Gasteiger partial charge in [0.15, 0.2) is 0 Å². The number of rotatable bonds is 6. The molecule has 0 aliphatic heterocycles. The molecule has 4 nitrogen and oxygen atoms in total. The van der Waals surface area contributed by atoms with Crippen molar-refractivity contribution >= 4 is 5.95 Å². The average Bonchev–Trinajstić information content (AvgIpc) is 3.15. The maximum Gasteiger partial charge on any atom is 0.203 e. The van der Waals surface area contributed by atoms with Crippen molar-refractivity contribution in [3.63, 3.8) is 0 Å². The third-order valence-corrected chi connectivity index (χ3v) is 4.05. The predicted molar refractivity (Wildman–Crippen MR) is 76.4 cm³/mol. The van der Waals surface area contributed by atoms with E-state index < -0.39 is 0 Å². The van der Waals surface area contributed by atoms with E-state index in [2.05, 4.69) is 28.0 Å². The molecule has 4 heteroatoms. The van der Waals surface area contributed by atoms with Gasteiger partial charge < -0.3 is 14.6 Å². The first kappa shape index (κ1) is 13.0. The van der Waals surface area contributed by atoms with Crippen LogP contribution in [-0.4, -0.2) is 28.3 Å². The molecule has 2 aliphatic rings. The lowest BCUT2D eigenvalue weighted by Crippen LogP contribution is -2.19. The van der Waals surface area contributed by atoms with Crippen LogP contribution in [0.2, 0.25) is 0 Å². The van der Waals surface area contributed by atoms with Crippen LogP contribution in [-0.2, 0) is 11.3 Å². The summed E-state index contributed by atoms with van der Waals surface area (Å²) in [5.41, 5.74) is 1.08. The number of nitrogens with zero attached hydrogens (tertiary/aromatic N) is 2. The smallest absolute Gasteiger partial charge is 0.203 e. The summed E-state index contributed by atoms with van der Waals surface area (Å²) >= 11 is 0. The number of hydrogen-bond acceptors (Lipinski definition) is 3. The topological polar surface area (TPSA) is 39.1 Å². The fourth-order valence-electron chi connectivity index (χ4n) is 2.79. The van der Waals surface area contributed by atoms with Crippen LogP contribution in [0.5, 0.6) is 0 Å². The number of ether oxygens (including phenoxy) is 1. The van der Waals surface area contributed by atoms with E-state index in [1.807, 2.05) is 0 Å². The molecule has 1 aromatic rings. The van der Waals surface area contributed by atoms with Gasteiger partial charge in [0.05, 0.1) is 18.4 Å². The van der Waals surface area contributed by atoms with Gasteiger partial charge in [-0.3, -0.25) is 0 Å². The second-order valence-electron chi connectivity index (χ2n) is 5.95. The van der Waals surface area contributed by atoms with Gasteiger partial charge in [-0.2, -0.15) is 0 Å². The van der Waals surface area contributed by atoms with Crippen molar-refractivity contribution in [2.45, 2.75) is 70.6 Å². The molecule has 0 saturated heterocycles. The van der Waals surface area contributed by atoms with Gasteiger partial charge in [0, 0.05) is 18.8 Å². The molecule has 2 saturated carbocycles. The first-order valence-corrected chi connectivity index (χ1v) is 7.73. The highest BCUT2D eigenvalue weighted by Crippen LogP contribution is 2.24. The van der Waals surface area contributed by atoms with E-state index in [-0.39, 0.29) is 0 Å². The molecule has 0 aromatic carbocycles. The molecule has 0 spiro atoms. The van der Waals surface area contributed by atoms with Crippen LogP contribution in [0.4, 0.5) is 5.95 Å². The van der Waals surface area contributed by atoms with Gasteiger partial charge in [-0.05, 0) is 32.6 Å². The van der Waals surface area contributed by atoms with E-state index in [9.17, 15) is 0 Å². The standard InChI is InChI=1S/C15H25N3O/c1-12-11-18(15(16-12)17-13-7-8-13)9-10-19-14-5-3-2-4-6-14/h11,13-14H,2-10H2,1H3,(H,16,17). The Hall–Kier alpha value is -1.03. The number of anilines is 1. The number of aryl methyl sites for hydroxylation is 1. The fourth-order valence-corrected chi connectivity index (χ4v) is 2.79. The van der Waals surface area contributed by atoms with Crippen LogP contribution in [0.1, 0.15) is 50.6 Å². The maximum atomic E-state index is 6.00. The Morgan fingerprint density at radius 3 is 2.79 bits per heavy atom. The zero-order chi connectivity index (χ0) is 13.1. The Kier molecular flexibility index (Phi) is 4.06. The zero-order valence-corrected chi connectivity index (χ0v) is 11.9. The van der Waals surface area contributed by atoms with E-state index in [0.29, 0.717) is 12.1 Å². The molecule has 0 unspecified atom stereocenters. The monoisotopic (exact) mass is 263 g/mol. The van der Waals surface area contributed by atoms with Crippen LogP contribution < -0.4 is 5.32 Å². The molecule has 2 aliphatic carbocycles. The normalized spacial score (nSPS) is 20.7.